The first-order valence-electron chi connectivity index (χ1n) is 6.59. The fraction of sp³-hybridized carbons (Fsp3) is 0.176. The first-order valence-corrected chi connectivity index (χ1v) is 7.13. The number of nitrogens with one attached hydrogen (secondary N) is 1. The minimum Gasteiger partial charge on any atom is -0.321 e. The lowest BCUT2D eigenvalue weighted by atomic mass is 10.0. The summed E-state index contributed by atoms with van der Waals surface area (Å²) in [6.45, 7) is 3.77. The van der Waals surface area contributed by atoms with E-state index >= 15 is 0 Å². The molecule has 0 saturated heterocycles. The van der Waals surface area contributed by atoms with Crippen LogP contribution in [0.1, 0.15) is 31.8 Å². The van der Waals surface area contributed by atoms with Gasteiger partial charge in [0.1, 0.15) is 0 Å². The molecule has 2 aromatic carbocycles. The van der Waals surface area contributed by atoms with E-state index in [1.807, 2.05) is 38.1 Å². The van der Waals surface area contributed by atoms with Gasteiger partial charge < -0.3 is 5.32 Å². The van der Waals surface area contributed by atoms with Gasteiger partial charge in [0.05, 0.1) is 11.6 Å². The normalized spacial score (nSPS) is 10.2. The lowest BCUT2D eigenvalue weighted by molar-refractivity contribution is 0.102. The predicted octanol–water partition coefficient (Wildman–Crippen LogP) is 3.98. The molecule has 0 heterocycles. The Morgan fingerprint density at radius 1 is 1.05 bits per heavy atom. The summed E-state index contributed by atoms with van der Waals surface area (Å²) in [6.07, 6.45) is 0. The smallest absolute Gasteiger partial charge is 0.255 e. The van der Waals surface area contributed by atoms with Crippen molar-refractivity contribution in [2.24, 2.45) is 0 Å². The molecule has 0 aliphatic rings. The molecular weight excluding hydrogens is 286 g/mol. The molecule has 3 nitrogen and oxygen atoms in total. The molecule has 1 amide bonds. The maximum atomic E-state index is 12.4. The van der Waals surface area contributed by atoms with Crippen molar-refractivity contribution < 1.29 is 9.59 Å². The minimum absolute atomic E-state index is 0.115. The number of benzene rings is 2. The van der Waals surface area contributed by atoms with E-state index < -0.39 is 0 Å². The average molecular weight is 302 g/mol. The van der Waals surface area contributed by atoms with Crippen LogP contribution < -0.4 is 5.32 Å². The summed E-state index contributed by atoms with van der Waals surface area (Å²) < 4.78 is 0. The van der Waals surface area contributed by atoms with E-state index in [0.29, 0.717) is 16.8 Å². The van der Waals surface area contributed by atoms with Crippen LogP contribution in [0.15, 0.2) is 42.5 Å². The van der Waals surface area contributed by atoms with Gasteiger partial charge in [0.15, 0.2) is 5.78 Å². The first-order chi connectivity index (χ1) is 10.0. The summed E-state index contributed by atoms with van der Waals surface area (Å²) in [4.78, 5) is 24.2. The Kier molecular flexibility index (Phi) is 4.76. The standard InChI is InChI=1S/C17H16ClNO2/c1-11-7-8-14(16(20)10-18)15(9-11)19-17(21)13-6-4-3-5-12(13)2/h3-9H,10H2,1-2H3,(H,19,21). The molecule has 2 rings (SSSR count). The van der Waals surface area contributed by atoms with Crippen LogP contribution in [0.25, 0.3) is 0 Å². The molecule has 0 fully saturated rings. The van der Waals surface area contributed by atoms with Gasteiger partial charge in [0.25, 0.3) is 5.91 Å². The molecular formula is C17H16ClNO2. The number of anilines is 1. The molecule has 0 radical (unpaired) electrons. The van der Waals surface area contributed by atoms with Crippen molar-refractivity contribution in [1.82, 2.24) is 0 Å². The third kappa shape index (κ3) is 3.50. The molecule has 0 saturated carbocycles. The van der Waals surface area contributed by atoms with Gasteiger partial charge in [0.2, 0.25) is 0 Å². The largest absolute Gasteiger partial charge is 0.321 e. The van der Waals surface area contributed by atoms with Crippen molar-refractivity contribution in [1.29, 1.82) is 0 Å². The van der Waals surface area contributed by atoms with E-state index in [9.17, 15) is 9.59 Å². The second-order valence-electron chi connectivity index (χ2n) is 4.87. The van der Waals surface area contributed by atoms with E-state index in [1.165, 1.54) is 0 Å². The Labute approximate surface area is 128 Å². The Hall–Kier alpha value is -2.13. The van der Waals surface area contributed by atoms with E-state index in [4.69, 9.17) is 11.6 Å². The fourth-order valence-electron chi connectivity index (χ4n) is 2.09. The quantitative estimate of drug-likeness (QED) is 0.686. The van der Waals surface area contributed by atoms with Crippen LogP contribution in [-0.2, 0) is 0 Å². The summed E-state index contributed by atoms with van der Waals surface area (Å²) >= 11 is 5.61. The number of aryl methyl sites for hydroxylation is 2. The lowest BCUT2D eigenvalue weighted by Crippen LogP contribution is -2.16. The molecule has 0 atom stereocenters. The number of carbonyl (C=O) groups is 2. The van der Waals surface area contributed by atoms with Crippen molar-refractivity contribution in [3.8, 4) is 0 Å². The zero-order valence-electron chi connectivity index (χ0n) is 11.9. The number of hydrogen-bond acceptors (Lipinski definition) is 2. The van der Waals surface area contributed by atoms with E-state index in [-0.39, 0.29) is 17.6 Å². The fourth-order valence-corrected chi connectivity index (χ4v) is 2.24. The highest BCUT2D eigenvalue weighted by molar-refractivity contribution is 6.31. The third-order valence-corrected chi connectivity index (χ3v) is 3.48. The molecule has 21 heavy (non-hydrogen) atoms. The van der Waals surface area contributed by atoms with Crippen molar-refractivity contribution in [3.05, 3.63) is 64.7 Å². The minimum atomic E-state index is -0.234. The highest BCUT2D eigenvalue weighted by Crippen LogP contribution is 2.20. The summed E-state index contributed by atoms with van der Waals surface area (Å²) in [5.74, 6) is -0.560. The zero-order chi connectivity index (χ0) is 15.4. The molecule has 0 spiro atoms. The third-order valence-electron chi connectivity index (χ3n) is 3.23. The van der Waals surface area contributed by atoms with Crippen molar-refractivity contribution in [2.75, 3.05) is 11.2 Å². The van der Waals surface area contributed by atoms with Crippen LogP contribution in [0, 0.1) is 13.8 Å². The molecule has 0 bridgehead atoms. The first kappa shape index (κ1) is 15.3. The molecule has 4 heteroatoms. The van der Waals surface area contributed by atoms with Gasteiger partial charge in [-0.2, -0.15) is 0 Å². The average Bonchev–Trinajstić information content (AvgIpc) is 2.47. The summed E-state index contributed by atoms with van der Waals surface area (Å²) in [5, 5.41) is 2.81. The predicted molar refractivity (Wildman–Crippen MR) is 85.4 cm³/mol. The number of hydrogen-bond donors (Lipinski definition) is 1. The van der Waals surface area contributed by atoms with Gasteiger partial charge in [-0.1, -0.05) is 24.3 Å². The SMILES string of the molecule is Cc1ccc(C(=O)CCl)c(NC(=O)c2ccccc2C)c1. The number of halogens is 1. The van der Waals surface area contributed by atoms with Crippen LogP contribution >= 0.6 is 11.6 Å². The molecule has 108 valence electrons. The maximum absolute atomic E-state index is 12.4. The number of rotatable bonds is 4. The lowest BCUT2D eigenvalue weighted by Gasteiger charge is -2.12. The van der Waals surface area contributed by atoms with Gasteiger partial charge >= 0.3 is 0 Å². The Balaban J connectivity index is 2.35. The summed E-state index contributed by atoms with van der Waals surface area (Å²) in [5.41, 5.74) is 3.35. The Morgan fingerprint density at radius 2 is 1.76 bits per heavy atom. The van der Waals surface area contributed by atoms with Crippen LogP contribution in [-0.4, -0.2) is 17.6 Å². The number of carbonyl (C=O) groups excluding carboxylic acids is 2. The molecule has 2 aromatic rings. The van der Waals surface area contributed by atoms with E-state index in [0.717, 1.165) is 11.1 Å². The summed E-state index contributed by atoms with van der Waals surface area (Å²) in [6, 6.07) is 12.6. The second-order valence-corrected chi connectivity index (χ2v) is 5.14. The Morgan fingerprint density at radius 3 is 2.43 bits per heavy atom. The van der Waals surface area contributed by atoms with Crippen LogP contribution in [0.4, 0.5) is 5.69 Å². The van der Waals surface area contributed by atoms with Gasteiger partial charge in [-0.25, -0.2) is 0 Å². The number of amides is 1. The number of ketones is 1. The number of alkyl halides is 1. The van der Waals surface area contributed by atoms with Crippen LogP contribution in [0.5, 0.6) is 0 Å². The molecule has 0 unspecified atom stereocenters. The van der Waals surface area contributed by atoms with Crippen molar-refractivity contribution >= 4 is 29.0 Å². The molecule has 0 aliphatic heterocycles. The summed E-state index contributed by atoms with van der Waals surface area (Å²) in [7, 11) is 0. The molecule has 1 N–H and O–H groups in total. The van der Waals surface area contributed by atoms with Crippen molar-refractivity contribution in [3.63, 3.8) is 0 Å². The highest BCUT2D eigenvalue weighted by atomic mass is 35.5. The van der Waals surface area contributed by atoms with Crippen LogP contribution in [0.2, 0.25) is 0 Å². The number of Topliss-reactive ketones (excluding diaryl/α,β-unsaturated/α-hetero) is 1. The molecule has 0 aliphatic carbocycles. The monoisotopic (exact) mass is 301 g/mol. The van der Waals surface area contributed by atoms with Gasteiger partial charge in [-0.15, -0.1) is 11.6 Å². The zero-order valence-corrected chi connectivity index (χ0v) is 12.7. The topological polar surface area (TPSA) is 46.2 Å². The van der Waals surface area contributed by atoms with Crippen molar-refractivity contribution in [2.45, 2.75) is 13.8 Å². The van der Waals surface area contributed by atoms with E-state index in [2.05, 4.69) is 5.32 Å². The van der Waals surface area contributed by atoms with Crippen LogP contribution in [0.3, 0.4) is 0 Å². The Bertz CT molecular complexity index is 695. The maximum Gasteiger partial charge on any atom is 0.255 e. The highest BCUT2D eigenvalue weighted by Gasteiger charge is 2.14. The second kappa shape index (κ2) is 6.55. The molecule has 0 aromatic heterocycles. The van der Waals surface area contributed by atoms with E-state index in [1.54, 1.807) is 18.2 Å². The van der Waals surface area contributed by atoms with Gasteiger partial charge in [-0.3, -0.25) is 9.59 Å². The van der Waals surface area contributed by atoms with Gasteiger partial charge in [0, 0.05) is 11.1 Å². The van der Waals surface area contributed by atoms with Gasteiger partial charge in [-0.05, 0) is 43.2 Å².